The Bertz CT molecular complexity index is 1340. The molecule has 0 aliphatic carbocycles. The molecule has 2 aromatic carbocycles. The summed E-state index contributed by atoms with van der Waals surface area (Å²) in [5.74, 6) is 1.12. The van der Waals surface area contributed by atoms with Crippen molar-refractivity contribution < 1.29 is 27.8 Å². The number of aromatic nitrogens is 3. The molecule has 1 unspecified atom stereocenters. The second-order valence-corrected chi connectivity index (χ2v) is 8.48. The second kappa shape index (κ2) is 11.1. The van der Waals surface area contributed by atoms with E-state index in [4.69, 9.17) is 14.5 Å². The zero-order valence-corrected chi connectivity index (χ0v) is 20.7. The third-order valence-corrected chi connectivity index (χ3v) is 5.84. The summed E-state index contributed by atoms with van der Waals surface area (Å²) in [5, 5.41) is 12.0. The van der Waals surface area contributed by atoms with Crippen molar-refractivity contribution >= 4 is 22.4 Å². The van der Waals surface area contributed by atoms with Gasteiger partial charge in [0.1, 0.15) is 11.5 Å². The molecule has 0 aliphatic heterocycles. The number of rotatable bonds is 10. The molecule has 2 N–H and O–H groups in total. The van der Waals surface area contributed by atoms with Crippen molar-refractivity contribution in [3.8, 4) is 22.8 Å². The Balaban J connectivity index is 1.67. The van der Waals surface area contributed by atoms with Gasteiger partial charge >= 0.3 is 6.18 Å². The number of aliphatic hydroxyl groups excluding tert-OH is 1. The SMILES string of the molecule is COc1cc(OC)cc(N(CCNCC(O)C(F)(F)F)c2ccc3ncc(-c4ccn(C)c4)nc3c2)c1. The summed E-state index contributed by atoms with van der Waals surface area (Å²) in [6.45, 7) is -0.152. The van der Waals surface area contributed by atoms with Gasteiger partial charge in [-0.25, -0.2) is 4.98 Å². The first kappa shape index (κ1) is 26.2. The lowest BCUT2D eigenvalue weighted by Gasteiger charge is -2.27. The maximum Gasteiger partial charge on any atom is 0.415 e. The molecule has 4 aromatic rings. The second-order valence-electron chi connectivity index (χ2n) is 8.48. The van der Waals surface area contributed by atoms with E-state index in [0.29, 0.717) is 28.2 Å². The molecule has 0 bridgehead atoms. The van der Waals surface area contributed by atoms with Crippen LogP contribution in [0.2, 0.25) is 0 Å². The zero-order valence-electron chi connectivity index (χ0n) is 20.7. The van der Waals surface area contributed by atoms with Crippen LogP contribution in [0.3, 0.4) is 0 Å². The normalized spacial score (nSPS) is 12.5. The molecule has 0 amide bonds. The molecule has 0 saturated carbocycles. The Morgan fingerprint density at radius 3 is 2.38 bits per heavy atom. The number of aryl methyl sites for hydroxylation is 1. The molecule has 0 spiro atoms. The monoisotopic (exact) mass is 515 g/mol. The summed E-state index contributed by atoms with van der Waals surface area (Å²) in [4.78, 5) is 11.2. The Morgan fingerprint density at radius 1 is 1.03 bits per heavy atom. The van der Waals surface area contributed by atoms with Crippen LogP contribution >= 0.6 is 0 Å². The van der Waals surface area contributed by atoms with Crippen LogP contribution in [0.4, 0.5) is 24.5 Å². The van der Waals surface area contributed by atoms with Gasteiger partial charge in [0.15, 0.2) is 6.10 Å². The Kier molecular flexibility index (Phi) is 7.84. The molecule has 1 atom stereocenters. The topological polar surface area (TPSA) is 84.7 Å². The van der Waals surface area contributed by atoms with Crippen molar-refractivity contribution in [1.82, 2.24) is 19.9 Å². The highest BCUT2D eigenvalue weighted by molar-refractivity contribution is 5.82. The number of fused-ring (bicyclic) bond motifs is 1. The van der Waals surface area contributed by atoms with Gasteiger partial charge in [0, 0.05) is 74.2 Å². The van der Waals surface area contributed by atoms with Crippen LogP contribution in [0.1, 0.15) is 0 Å². The van der Waals surface area contributed by atoms with Gasteiger partial charge in [-0.15, -0.1) is 0 Å². The van der Waals surface area contributed by atoms with Gasteiger partial charge in [-0.1, -0.05) is 0 Å². The molecule has 8 nitrogen and oxygen atoms in total. The fourth-order valence-corrected chi connectivity index (χ4v) is 3.86. The Hall–Kier alpha value is -3.83. The smallest absolute Gasteiger partial charge is 0.415 e. The van der Waals surface area contributed by atoms with Crippen molar-refractivity contribution in [2.45, 2.75) is 12.3 Å². The van der Waals surface area contributed by atoms with E-state index >= 15 is 0 Å². The van der Waals surface area contributed by atoms with Gasteiger partial charge in [-0.05, 0) is 24.3 Å². The van der Waals surface area contributed by atoms with Crippen LogP contribution < -0.4 is 19.7 Å². The van der Waals surface area contributed by atoms with E-state index < -0.39 is 18.8 Å². The minimum Gasteiger partial charge on any atom is -0.497 e. The highest BCUT2D eigenvalue weighted by Crippen LogP contribution is 2.34. The first-order valence-corrected chi connectivity index (χ1v) is 11.5. The van der Waals surface area contributed by atoms with E-state index in [-0.39, 0.29) is 13.1 Å². The van der Waals surface area contributed by atoms with Gasteiger partial charge in [0.25, 0.3) is 0 Å². The van der Waals surface area contributed by atoms with Crippen LogP contribution in [0.5, 0.6) is 11.5 Å². The van der Waals surface area contributed by atoms with Crippen molar-refractivity contribution in [2.75, 3.05) is 38.8 Å². The summed E-state index contributed by atoms with van der Waals surface area (Å²) in [5.41, 5.74) is 4.49. The summed E-state index contributed by atoms with van der Waals surface area (Å²) < 4.78 is 50.8. The summed E-state index contributed by atoms with van der Waals surface area (Å²) >= 11 is 0. The highest BCUT2D eigenvalue weighted by Gasteiger charge is 2.37. The lowest BCUT2D eigenvalue weighted by atomic mass is 10.2. The van der Waals surface area contributed by atoms with Gasteiger partial charge in [-0.2, -0.15) is 13.2 Å². The number of alkyl halides is 3. The Labute approximate surface area is 212 Å². The van der Waals surface area contributed by atoms with Crippen LogP contribution in [0.15, 0.2) is 61.1 Å². The molecular formula is C26H28F3N5O3. The van der Waals surface area contributed by atoms with E-state index in [2.05, 4.69) is 10.3 Å². The minimum atomic E-state index is -4.68. The number of anilines is 2. The molecule has 0 aliphatic rings. The first-order valence-electron chi connectivity index (χ1n) is 11.5. The number of halogens is 3. The van der Waals surface area contributed by atoms with Gasteiger partial charge in [-0.3, -0.25) is 4.98 Å². The number of nitrogens with one attached hydrogen (secondary N) is 1. The number of nitrogens with zero attached hydrogens (tertiary/aromatic N) is 4. The number of hydrogen-bond acceptors (Lipinski definition) is 7. The van der Waals surface area contributed by atoms with E-state index in [0.717, 1.165) is 16.9 Å². The van der Waals surface area contributed by atoms with Gasteiger partial charge < -0.3 is 29.4 Å². The van der Waals surface area contributed by atoms with E-state index in [1.807, 2.05) is 65.3 Å². The summed E-state index contributed by atoms with van der Waals surface area (Å²) in [6.07, 6.45) is -1.52. The third-order valence-electron chi connectivity index (χ3n) is 5.84. The maximum atomic E-state index is 12.7. The number of methoxy groups -OCH3 is 2. The molecule has 11 heteroatoms. The van der Waals surface area contributed by atoms with E-state index in [1.54, 1.807) is 26.5 Å². The lowest BCUT2D eigenvalue weighted by Crippen LogP contribution is -2.40. The molecule has 37 heavy (non-hydrogen) atoms. The molecular weight excluding hydrogens is 487 g/mol. The molecule has 0 radical (unpaired) electrons. The summed E-state index contributed by atoms with van der Waals surface area (Å²) in [6, 6.07) is 12.9. The van der Waals surface area contributed by atoms with Crippen LogP contribution in [-0.2, 0) is 7.05 Å². The predicted octanol–water partition coefficient (Wildman–Crippen LogP) is 4.30. The number of ether oxygens (including phenoxy) is 2. The van der Waals surface area contributed by atoms with Crippen molar-refractivity contribution in [1.29, 1.82) is 0 Å². The van der Waals surface area contributed by atoms with Crippen LogP contribution in [0, 0.1) is 0 Å². The molecule has 0 saturated heterocycles. The van der Waals surface area contributed by atoms with E-state index in [9.17, 15) is 18.3 Å². The average molecular weight is 516 g/mol. The van der Waals surface area contributed by atoms with Crippen LogP contribution in [0.25, 0.3) is 22.3 Å². The molecule has 0 fully saturated rings. The standard InChI is InChI=1S/C26H28F3N5O3/c1-33-8-6-17(16-33)24-14-31-22-5-4-18(12-23(22)32-24)34(9-7-30-15-25(35)26(27,28)29)19-10-20(36-2)13-21(11-19)37-3/h4-6,8,10-14,16,25,30,35H,7,9,15H2,1-3H3. The van der Waals surface area contributed by atoms with Crippen molar-refractivity contribution in [3.63, 3.8) is 0 Å². The van der Waals surface area contributed by atoms with Gasteiger partial charge in [0.2, 0.25) is 0 Å². The molecule has 196 valence electrons. The fraction of sp³-hybridized carbons (Fsp3) is 0.308. The minimum absolute atomic E-state index is 0.167. The largest absolute Gasteiger partial charge is 0.497 e. The average Bonchev–Trinajstić information content (AvgIpc) is 3.33. The van der Waals surface area contributed by atoms with Crippen LogP contribution in [-0.4, -0.2) is 65.8 Å². The molecule has 4 rings (SSSR count). The van der Waals surface area contributed by atoms with Gasteiger partial charge in [0.05, 0.1) is 37.1 Å². The predicted molar refractivity (Wildman–Crippen MR) is 135 cm³/mol. The quantitative estimate of drug-likeness (QED) is 0.305. The highest BCUT2D eigenvalue weighted by atomic mass is 19.4. The summed E-state index contributed by atoms with van der Waals surface area (Å²) in [7, 11) is 5.01. The van der Waals surface area contributed by atoms with Crippen molar-refractivity contribution in [3.05, 3.63) is 61.1 Å². The first-order chi connectivity index (χ1) is 17.7. The fourth-order valence-electron chi connectivity index (χ4n) is 3.86. The van der Waals surface area contributed by atoms with Crippen molar-refractivity contribution in [2.24, 2.45) is 7.05 Å². The zero-order chi connectivity index (χ0) is 26.6. The molecule has 2 heterocycles. The maximum absolute atomic E-state index is 12.7. The third kappa shape index (κ3) is 6.30. The lowest BCUT2D eigenvalue weighted by molar-refractivity contribution is -0.201. The number of aliphatic hydroxyl groups is 1. The van der Waals surface area contributed by atoms with E-state index in [1.165, 1.54) is 0 Å². The number of hydrogen-bond donors (Lipinski definition) is 2. The molecule has 2 aromatic heterocycles. The Morgan fingerprint density at radius 2 is 1.76 bits per heavy atom. The number of benzene rings is 2.